The van der Waals surface area contributed by atoms with Crippen LogP contribution in [0.1, 0.15) is 53.9 Å². The molecular weight excluding hydrogens is 462 g/mol. The number of ketones is 2. The molecule has 1 saturated heterocycles. The van der Waals surface area contributed by atoms with Gasteiger partial charge in [0.1, 0.15) is 6.17 Å². The first kappa shape index (κ1) is 24.7. The fourth-order valence-electron chi connectivity index (χ4n) is 8.08. The molecule has 1 N–H and O–H groups in total. The summed E-state index contributed by atoms with van der Waals surface area (Å²) in [4.78, 5) is 37.1. The molecule has 192 valence electrons. The number of rotatable bonds is 3. The first-order valence-corrected chi connectivity index (χ1v) is 12.1. The number of Topliss-reactive ketones (excluding diaryl/α,β-unsaturated/α-hetero) is 1. The minimum absolute atomic E-state index is 0.0406. The quantitative estimate of drug-likeness (QED) is 0.603. The largest absolute Gasteiger partial charge is 0.458 e. The van der Waals surface area contributed by atoms with Crippen molar-refractivity contribution in [1.82, 2.24) is 0 Å². The van der Waals surface area contributed by atoms with Crippen molar-refractivity contribution in [2.45, 2.75) is 89.3 Å². The van der Waals surface area contributed by atoms with E-state index in [1.54, 1.807) is 20.8 Å². The van der Waals surface area contributed by atoms with Gasteiger partial charge in [0.05, 0.1) is 12.2 Å². The number of alkyl halides is 2. The lowest BCUT2D eigenvalue weighted by atomic mass is 9.44. The van der Waals surface area contributed by atoms with Crippen LogP contribution in [0.4, 0.5) is 8.78 Å². The summed E-state index contributed by atoms with van der Waals surface area (Å²) in [7, 11) is 0. The smallest absolute Gasteiger partial charge is 0.303 e. The molecule has 5 aliphatic rings. The van der Waals surface area contributed by atoms with Gasteiger partial charge >= 0.3 is 5.97 Å². The number of esters is 1. The van der Waals surface area contributed by atoms with E-state index in [1.807, 2.05) is 0 Å². The van der Waals surface area contributed by atoms with Gasteiger partial charge in [-0.25, -0.2) is 8.78 Å². The molecule has 7 nitrogen and oxygen atoms in total. The number of hydrogen-bond donors (Lipinski definition) is 1. The van der Waals surface area contributed by atoms with Crippen LogP contribution in [-0.2, 0) is 28.6 Å². The Morgan fingerprint density at radius 3 is 2.54 bits per heavy atom. The maximum Gasteiger partial charge on any atom is 0.303 e. The van der Waals surface area contributed by atoms with Crippen molar-refractivity contribution in [3.63, 3.8) is 0 Å². The van der Waals surface area contributed by atoms with Crippen LogP contribution in [0.25, 0.3) is 0 Å². The third kappa shape index (κ3) is 2.95. The fourth-order valence-corrected chi connectivity index (χ4v) is 8.08. The molecule has 0 aromatic rings. The van der Waals surface area contributed by atoms with Gasteiger partial charge in [0.25, 0.3) is 0 Å². The minimum Gasteiger partial charge on any atom is -0.458 e. The molecule has 4 aliphatic carbocycles. The maximum atomic E-state index is 17.3. The van der Waals surface area contributed by atoms with Crippen molar-refractivity contribution >= 4 is 17.5 Å². The molecule has 9 atom stereocenters. The van der Waals surface area contributed by atoms with Crippen molar-refractivity contribution in [3.05, 3.63) is 23.8 Å². The first-order chi connectivity index (χ1) is 16.1. The topological polar surface area (TPSA) is 99.1 Å². The molecule has 35 heavy (non-hydrogen) atoms. The number of ether oxygens (including phenoxy) is 3. The predicted molar refractivity (Wildman–Crippen MR) is 118 cm³/mol. The van der Waals surface area contributed by atoms with Crippen molar-refractivity contribution in [3.8, 4) is 0 Å². The van der Waals surface area contributed by atoms with Crippen molar-refractivity contribution in [2.75, 3.05) is 6.61 Å². The Morgan fingerprint density at radius 2 is 1.89 bits per heavy atom. The van der Waals surface area contributed by atoms with Crippen LogP contribution in [0.15, 0.2) is 23.8 Å². The summed E-state index contributed by atoms with van der Waals surface area (Å²) in [6.07, 6.45) is -0.345. The van der Waals surface area contributed by atoms with E-state index in [0.717, 1.165) is 6.08 Å². The second-order valence-electron chi connectivity index (χ2n) is 11.6. The lowest BCUT2D eigenvalue weighted by molar-refractivity contribution is -0.249. The molecule has 0 bridgehead atoms. The average molecular weight is 495 g/mol. The Hall–Kier alpha value is -1.97. The Balaban J connectivity index is 1.62. The number of allylic oxidation sites excluding steroid dienone is 4. The van der Waals surface area contributed by atoms with E-state index in [9.17, 15) is 19.5 Å². The predicted octanol–water partition coefficient (Wildman–Crippen LogP) is 2.94. The number of aliphatic hydroxyl groups excluding tert-OH is 1. The molecule has 1 heterocycles. The molecule has 3 saturated carbocycles. The van der Waals surface area contributed by atoms with Gasteiger partial charge < -0.3 is 19.3 Å². The van der Waals surface area contributed by atoms with E-state index < -0.39 is 82.2 Å². The van der Waals surface area contributed by atoms with E-state index in [4.69, 9.17) is 14.2 Å². The highest BCUT2D eigenvalue weighted by Gasteiger charge is 2.80. The highest BCUT2D eigenvalue weighted by Crippen LogP contribution is 2.72. The molecule has 0 aromatic carbocycles. The van der Waals surface area contributed by atoms with Crippen molar-refractivity contribution in [2.24, 2.45) is 22.7 Å². The lowest BCUT2D eigenvalue weighted by Crippen LogP contribution is -2.71. The molecule has 0 radical (unpaired) electrons. The van der Waals surface area contributed by atoms with Crippen LogP contribution < -0.4 is 0 Å². The number of carbonyl (C=O) groups is 3. The highest BCUT2D eigenvalue weighted by molar-refractivity contribution is 6.01. The number of aliphatic hydroxyl groups is 1. The summed E-state index contributed by atoms with van der Waals surface area (Å²) in [5.74, 6) is -4.23. The van der Waals surface area contributed by atoms with Crippen LogP contribution in [0.3, 0.4) is 0 Å². The molecular formula is C26H32F2O7. The number of carbonyl (C=O) groups excluding carboxylic acids is 3. The molecule has 0 aromatic heterocycles. The van der Waals surface area contributed by atoms with E-state index in [0.29, 0.717) is 0 Å². The van der Waals surface area contributed by atoms with Crippen LogP contribution >= 0.6 is 0 Å². The van der Waals surface area contributed by atoms with Gasteiger partial charge in [-0.15, -0.1) is 0 Å². The van der Waals surface area contributed by atoms with E-state index in [1.165, 1.54) is 26.0 Å². The Bertz CT molecular complexity index is 1070. The highest BCUT2D eigenvalue weighted by atomic mass is 19.1. The zero-order valence-electron chi connectivity index (χ0n) is 20.6. The fraction of sp³-hybridized carbons (Fsp3) is 0.731. The zero-order chi connectivity index (χ0) is 25.8. The summed E-state index contributed by atoms with van der Waals surface area (Å²) in [5.41, 5.74) is -6.46. The standard InChI is InChI=1S/C26H32F2O7/c1-13(29)33-12-20(32)26-21(34-22(2,3)35-26)10-15-16-9-18(27)17-8-14(30)6-7-23(17,4)25(16,28)19(31)11-24(15,26)5/h6-8,15-16,18-19,21,31H,9-12H2,1-5H3/t15-,16-,18?,19?,21?,23-,24-,25?,26+/m0/s1. The summed E-state index contributed by atoms with van der Waals surface area (Å²) in [5, 5.41) is 11.5. The van der Waals surface area contributed by atoms with Gasteiger partial charge in [0.15, 0.2) is 29.4 Å². The first-order valence-electron chi connectivity index (χ1n) is 12.1. The minimum atomic E-state index is -2.27. The Morgan fingerprint density at radius 1 is 1.20 bits per heavy atom. The van der Waals surface area contributed by atoms with E-state index in [-0.39, 0.29) is 24.8 Å². The summed E-state index contributed by atoms with van der Waals surface area (Å²) >= 11 is 0. The monoisotopic (exact) mass is 494 g/mol. The van der Waals surface area contributed by atoms with Crippen LogP contribution in [0, 0.1) is 22.7 Å². The number of halogens is 2. The molecule has 4 fully saturated rings. The van der Waals surface area contributed by atoms with Gasteiger partial charge in [-0.2, -0.15) is 0 Å². The maximum absolute atomic E-state index is 17.3. The Labute approximate surface area is 202 Å². The van der Waals surface area contributed by atoms with Gasteiger partial charge in [0, 0.05) is 23.7 Å². The summed E-state index contributed by atoms with van der Waals surface area (Å²) in [6.45, 7) is 7.28. The normalized spacial score (nSPS) is 49.4. The summed E-state index contributed by atoms with van der Waals surface area (Å²) < 4.78 is 50.3. The molecule has 0 amide bonds. The van der Waals surface area contributed by atoms with Crippen LogP contribution in [0.2, 0.25) is 0 Å². The van der Waals surface area contributed by atoms with Gasteiger partial charge in [-0.05, 0) is 63.7 Å². The van der Waals surface area contributed by atoms with Gasteiger partial charge in [-0.3, -0.25) is 14.4 Å². The average Bonchev–Trinajstić information content (AvgIpc) is 3.16. The molecule has 1 aliphatic heterocycles. The SMILES string of the molecule is CC(=O)OCC(=O)[C@@]12OC(C)(C)OC1C[C@H]1[C@@H]3CC(F)C4=CC(=O)C=C[C@]4(C)C3(F)C(O)C[C@@]12C. The zero-order valence-corrected chi connectivity index (χ0v) is 20.6. The van der Waals surface area contributed by atoms with E-state index >= 15 is 8.78 Å². The Kier molecular flexibility index (Phi) is 5.15. The van der Waals surface area contributed by atoms with E-state index in [2.05, 4.69) is 0 Å². The van der Waals surface area contributed by atoms with Crippen molar-refractivity contribution < 1.29 is 42.5 Å². The van der Waals surface area contributed by atoms with Gasteiger partial charge in [-0.1, -0.05) is 13.0 Å². The molecule has 4 unspecified atom stereocenters. The summed E-state index contributed by atoms with van der Waals surface area (Å²) in [6, 6.07) is 0. The molecule has 0 spiro atoms. The van der Waals surface area contributed by atoms with Crippen LogP contribution in [0.5, 0.6) is 0 Å². The molecule has 9 heteroatoms. The lowest BCUT2D eigenvalue weighted by Gasteiger charge is -2.63. The number of hydrogen-bond acceptors (Lipinski definition) is 7. The third-order valence-electron chi connectivity index (χ3n) is 9.44. The third-order valence-corrected chi connectivity index (χ3v) is 9.44. The number of fused-ring (bicyclic) bond motifs is 7. The van der Waals surface area contributed by atoms with Crippen molar-refractivity contribution in [1.29, 1.82) is 0 Å². The second kappa shape index (κ2) is 7.29. The molecule has 5 rings (SSSR count). The van der Waals surface area contributed by atoms with Crippen LogP contribution in [-0.4, -0.2) is 64.7 Å². The van der Waals surface area contributed by atoms with Gasteiger partial charge in [0.2, 0.25) is 5.78 Å². The second-order valence-corrected chi connectivity index (χ2v) is 11.6.